The molecule has 2 aromatic rings. The highest BCUT2D eigenvalue weighted by atomic mass is 16.7. The lowest BCUT2D eigenvalue weighted by Crippen LogP contribution is -2.41. The summed E-state index contributed by atoms with van der Waals surface area (Å²) in [6, 6.07) is 3.88. The van der Waals surface area contributed by atoms with Gasteiger partial charge in [-0.1, -0.05) is 0 Å². The average molecular weight is 271 g/mol. The summed E-state index contributed by atoms with van der Waals surface area (Å²) in [6.07, 6.45) is 7.06. The lowest BCUT2D eigenvalue weighted by molar-refractivity contribution is 0.00578. The monoisotopic (exact) mass is 271 g/mol. The minimum absolute atomic E-state index is 0.337. The standard InChI is InChI=1S/C14H18BN3O2/c1-13(2)14(3,4)20-15(19-13)11-5-6-17-12(9-11)18-8-7-16-10-18/h5-10H,1-4H3. The Hall–Kier alpha value is -1.66. The maximum atomic E-state index is 6.05. The van der Waals surface area contributed by atoms with Crippen LogP contribution in [0.2, 0.25) is 0 Å². The Bertz CT molecular complexity index is 595. The van der Waals surface area contributed by atoms with E-state index < -0.39 is 0 Å². The van der Waals surface area contributed by atoms with Crippen LogP contribution in [-0.2, 0) is 9.31 Å². The first-order valence-corrected chi connectivity index (χ1v) is 6.69. The third-order valence-electron chi connectivity index (χ3n) is 4.06. The predicted molar refractivity (Wildman–Crippen MR) is 77.1 cm³/mol. The Morgan fingerprint density at radius 2 is 1.80 bits per heavy atom. The van der Waals surface area contributed by atoms with E-state index >= 15 is 0 Å². The van der Waals surface area contributed by atoms with Gasteiger partial charge in [0.25, 0.3) is 0 Å². The quantitative estimate of drug-likeness (QED) is 0.778. The largest absolute Gasteiger partial charge is 0.495 e. The van der Waals surface area contributed by atoms with E-state index in [0.29, 0.717) is 0 Å². The van der Waals surface area contributed by atoms with Crippen LogP contribution in [0.4, 0.5) is 0 Å². The maximum Gasteiger partial charge on any atom is 0.495 e. The van der Waals surface area contributed by atoms with Gasteiger partial charge in [0.15, 0.2) is 0 Å². The van der Waals surface area contributed by atoms with Gasteiger partial charge in [-0.25, -0.2) is 9.97 Å². The second-order valence-corrected chi connectivity index (χ2v) is 6.01. The van der Waals surface area contributed by atoms with Gasteiger partial charge in [-0.2, -0.15) is 0 Å². The summed E-state index contributed by atoms with van der Waals surface area (Å²) in [5.74, 6) is 0.801. The van der Waals surface area contributed by atoms with Gasteiger partial charge >= 0.3 is 7.12 Å². The van der Waals surface area contributed by atoms with E-state index in [1.54, 1.807) is 18.7 Å². The van der Waals surface area contributed by atoms with Crippen molar-refractivity contribution < 1.29 is 9.31 Å². The molecule has 0 bridgehead atoms. The molecule has 1 aliphatic heterocycles. The third kappa shape index (κ3) is 2.15. The second-order valence-electron chi connectivity index (χ2n) is 6.01. The minimum atomic E-state index is -0.370. The topological polar surface area (TPSA) is 49.2 Å². The summed E-state index contributed by atoms with van der Waals surface area (Å²) < 4.78 is 14.0. The van der Waals surface area contributed by atoms with Crippen molar-refractivity contribution in [2.45, 2.75) is 38.9 Å². The van der Waals surface area contributed by atoms with Gasteiger partial charge in [0.2, 0.25) is 0 Å². The molecule has 5 nitrogen and oxygen atoms in total. The van der Waals surface area contributed by atoms with Gasteiger partial charge in [0.05, 0.1) is 11.2 Å². The van der Waals surface area contributed by atoms with E-state index in [-0.39, 0.29) is 18.3 Å². The first-order valence-electron chi connectivity index (χ1n) is 6.69. The molecule has 6 heteroatoms. The van der Waals surface area contributed by atoms with Crippen LogP contribution in [-0.4, -0.2) is 32.9 Å². The van der Waals surface area contributed by atoms with Gasteiger partial charge in [-0.05, 0) is 45.3 Å². The van der Waals surface area contributed by atoms with Gasteiger partial charge < -0.3 is 9.31 Å². The highest BCUT2D eigenvalue weighted by Gasteiger charge is 2.51. The zero-order valence-corrected chi connectivity index (χ0v) is 12.2. The van der Waals surface area contributed by atoms with Crippen LogP contribution in [0.3, 0.4) is 0 Å². The zero-order chi connectivity index (χ0) is 14.4. The fourth-order valence-electron chi connectivity index (χ4n) is 2.10. The molecule has 1 fully saturated rings. The predicted octanol–water partition coefficient (Wildman–Crippen LogP) is 1.57. The van der Waals surface area contributed by atoms with Crippen molar-refractivity contribution in [2.75, 3.05) is 0 Å². The smallest absolute Gasteiger partial charge is 0.399 e. The highest BCUT2D eigenvalue weighted by Crippen LogP contribution is 2.36. The molecule has 0 spiro atoms. The van der Waals surface area contributed by atoms with Crippen molar-refractivity contribution in [3.8, 4) is 5.82 Å². The first kappa shape index (κ1) is 13.3. The molecule has 104 valence electrons. The minimum Gasteiger partial charge on any atom is -0.399 e. The number of aromatic nitrogens is 3. The van der Waals surface area contributed by atoms with Gasteiger partial charge in [0, 0.05) is 18.6 Å². The molecule has 0 saturated carbocycles. The number of nitrogens with zero attached hydrogens (tertiary/aromatic N) is 3. The number of pyridine rings is 1. The molecule has 0 radical (unpaired) electrons. The molecule has 20 heavy (non-hydrogen) atoms. The summed E-state index contributed by atoms with van der Waals surface area (Å²) in [5.41, 5.74) is 0.286. The lowest BCUT2D eigenvalue weighted by Gasteiger charge is -2.32. The molecular weight excluding hydrogens is 253 g/mol. The maximum absolute atomic E-state index is 6.05. The first-order chi connectivity index (χ1) is 9.39. The van der Waals surface area contributed by atoms with Crippen molar-refractivity contribution in [3.63, 3.8) is 0 Å². The molecule has 3 heterocycles. The van der Waals surface area contributed by atoms with Gasteiger partial charge in [-0.15, -0.1) is 0 Å². The fourth-order valence-corrected chi connectivity index (χ4v) is 2.10. The van der Waals surface area contributed by atoms with Crippen molar-refractivity contribution in [2.24, 2.45) is 0 Å². The molecule has 0 amide bonds. The summed E-state index contributed by atoms with van der Waals surface area (Å²) in [5, 5.41) is 0. The van der Waals surface area contributed by atoms with Crippen molar-refractivity contribution in [1.82, 2.24) is 14.5 Å². The van der Waals surface area contributed by atoms with Crippen LogP contribution in [0.15, 0.2) is 37.1 Å². The van der Waals surface area contributed by atoms with Gasteiger partial charge in [-0.3, -0.25) is 4.57 Å². The zero-order valence-electron chi connectivity index (χ0n) is 12.2. The van der Waals surface area contributed by atoms with E-state index in [9.17, 15) is 0 Å². The second kappa shape index (κ2) is 4.43. The Morgan fingerprint density at radius 3 is 2.40 bits per heavy atom. The highest BCUT2D eigenvalue weighted by molar-refractivity contribution is 6.62. The molecule has 3 rings (SSSR count). The fraction of sp³-hybridized carbons (Fsp3) is 0.429. The normalized spacial score (nSPS) is 20.3. The molecular formula is C14H18BN3O2. The van der Waals surface area contributed by atoms with Crippen molar-refractivity contribution >= 4 is 12.6 Å². The van der Waals surface area contributed by atoms with Crippen molar-refractivity contribution in [1.29, 1.82) is 0 Å². The molecule has 0 aromatic carbocycles. The van der Waals surface area contributed by atoms with E-state index in [1.807, 2.05) is 50.6 Å². The SMILES string of the molecule is CC1(C)OB(c2ccnc(-n3ccnc3)c2)OC1(C)C. The Kier molecular flexibility index (Phi) is 2.95. The Morgan fingerprint density at radius 1 is 1.10 bits per heavy atom. The molecule has 0 atom stereocenters. The number of imidazole rings is 1. The third-order valence-corrected chi connectivity index (χ3v) is 4.06. The van der Waals surface area contributed by atoms with Gasteiger partial charge in [0.1, 0.15) is 12.1 Å². The molecule has 0 aliphatic carbocycles. The number of hydrogen-bond donors (Lipinski definition) is 0. The molecule has 1 aliphatic rings. The summed E-state index contributed by atoms with van der Waals surface area (Å²) in [6.45, 7) is 8.19. The van der Waals surface area contributed by atoms with E-state index in [1.165, 1.54) is 0 Å². The Labute approximate surface area is 119 Å². The summed E-state index contributed by atoms with van der Waals surface area (Å²) in [7, 11) is -0.370. The van der Waals surface area contributed by atoms with E-state index in [0.717, 1.165) is 11.3 Å². The molecule has 0 unspecified atom stereocenters. The molecule has 2 aromatic heterocycles. The van der Waals surface area contributed by atoms with Crippen LogP contribution in [0.1, 0.15) is 27.7 Å². The Balaban J connectivity index is 1.91. The van der Waals surface area contributed by atoms with Crippen LogP contribution in [0.25, 0.3) is 5.82 Å². The average Bonchev–Trinajstić information content (AvgIpc) is 2.97. The van der Waals surface area contributed by atoms with Crippen LogP contribution < -0.4 is 5.46 Å². The molecule has 0 N–H and O–H groups in total. The van der Waals surface area contributed by atoms with Crippen LogP contribution >= 0.6 is 0 Å². The number of rotatable bonds is 2. The molecule has 1 saturated heterocycles. The van der Waals surface area contributed by atoms with Crippen LogP contribution in [0.5, 0.6) is 0 Å². The van der Waals surface area contributed by atoms with E-state index in [2.05, 4.69) is 9.97 Å². The lowest BCUT2D eigenvalue weighted by atomic mass is 9.80. The van der Waals surface area contributed by atoms with Crippen LogP contribution in [0, 0.1) is 0 Å². The summed E-state index contributed by atoms with van der Waals surface area (Å²) >= 11 is 0. The van der Waals surface area contributed by atoms with E-state index in [4.69, 9.17) is 9.31 Å². The summed E-state index contributed by atoms with van der Waals surface area (Å²) in [4.78, 5) is 8.37. The van der Waals surface area contributed by atoms with Crippen molar-refractivity contribution in [3.05, 3.63) is 37.1 Å². The number of hydrogen-bond acceptors (Lipinski definition) is 4.